The van der Waals surface area contributed by atoms with Gasteiger partial charge < -0.3 is 9.63 Å². The molecule has 4 heteroatoms. The first kappa shape index (κ1) is 13.3. The molecule has 2 atom stereocenters. The number of benzene rings is 1. The van der Waals surface area contributed by atoms with Gasteiger partial charge in [0, 0.05) is 6.42 Å². The number of aliphatic hydroxyl groups is 1. The van der Waals surface area contributed by atoms with Crippen LogP contribution in [-0.2, 0) is 6.42 Å². The fourth-order valence-electron chi connectivity index (χ4n) is 2.81. The Bertz CT molecular complexity index is 606. The minimum absolute atomic E-state index is 0.0241. The highest BCUT2D eigenvalue weighted by atomic mass is 16.5. The van der Waals surface area contributed by atoms with Crippen molar-refractivity contribution < 1.29 is 9.63 Å². The van der Waals surface area contributed by atoms with Crippen molar-refractivity contribution >= 4 is 0 Å². The lowest BCUT2D eigenvalue weighted by atomic mass is 10.0. The van der Waals surface area contributed by atoms with E-state index in [0.29, 0.717) is 18.1 Å². The molecule has 0 bridgehead atoms. The summed E-state index contributed by atoms with van der Waals surface area (Å²) in [6.45, 7) is 4.21. The molecule has 20 heavy (non-hydrogen) atoms. The maximum Gasteiger partial charge on any atom is 0.232 e. The summed E-state index contributed by atoms with van der Waals surface area (Å²) in [7, 11) is 0. The normalized spacial score (nSPS) is 22.4. The third kappa shape index (κ3) is 2.61. The minimum Gasteiger partial charge on any atom is -0.392 e. The SMILES string of the molecule is Cc1ccc(Cc2noc(C3CCCC3O)n2)cc1C. The molecule has 0 aliphatic heterocycles. The number of hydrogen-bond donors (Lipinski definition) is 1. The molecule has 1 aromatic carbocycles. The van der Waals surface area contributed by atoms with Gasteiger partial charge in [-0.15, -0.1) is 0 Å². The summed E-state index contributed by atoms with van der Waals surface area (Å²) < 4.78 is 5.32. The largest absolute Gasteiger partial charge is 0.392 e. The molecule has 1 aliphatic carbocycles. The molecule has 2 unspecified atom stereocenters. The molecule has 4 nitrogen and oxygen atoms in total. The van der Waals surface area contributed by atoms with E-state index in [1.165, 1.54) is 16.7 Å². The smallest absolute Gasteiger partial charge is 0.232 e. The second-order valence-corrected chi connectivity index (χ2v) is 5.75. The molecule has 0 saturated heterocycles. The zero-order chi connectivity index (χ0) is 14.1. The average Bonchev–Trinajstić information content (AvgIpc) is 3.03. The van der Waals surface area contributed by atoms with E-state index in [1.54, 1.807) is 0 Å². The molecule has 2 aromatic rings. The molecule has 0 radical (unpaired) electrons. The minimum atomic E-state index is -0.329. The highest BCUT2D eigenvalue weighted by Crippen LogP contribution is 2.33. The third-order valence-electron chi connectivity index (χ3n) is 4.21. The Balaban J connectivity index is 1.75. The Labute approximate surface area is 118 Å². The van der Waals surface area contributed by atoms with Crippen LogP contribution in [-0.4, -0.2) is 21.4 Å². The molecule has 1 aromatic heterocycles. The van der Waals surface area contributed by atoms with E-state index in [9.17, 15) is 5.11 Å². The van der Waals surface area contributed by atoms with Crippen molar-refractivity contribution in [1.29, 1.82) is 0 Å². The maximum atomic E-state index is 9.88. The van der Waals surface area contributed by atoms with Crippen LogP contribution in [0.2, 0.25) is 0 Å². The molecule has 1 saturated carbocycles. The zero-order valence-corrected chi connectivity index (χ0v) is 12.0. The Hall–Kier alpha value is -1.68. The molecule has 0 spiro atoms. The summed E-state index contributed by atoms with van der Waals surface area (Å²) in [5.41, 5.74) is 3.75. The van der Waals surface area contributed by atoms with Gasteiger partial charge in [0.05, 0.1) is 12.0 Å². The molecule has 0 amide bonds. The molecule has 1 N–H and O–H groups in total. The molecule has 3 rings (SSSR count). The van der Waals surface area contributed by atoms with Gasteiger partial charge in [-0.3, -0.25) is 0 Å². The monoisotopic (exact) mass is 272 g/mol. The van der Waals surface area contributed by atoms with Crippen molar-refractivity contribution in [3.05, 3.63) is 46.6 Å². The fourth-order valence-corrected chi connectivity index (χ4v) is 2.81. The Morgan fingerprint density at radius 3 is 2.80 bits per heavy atom. The predicted octanol–water partition coefficient (Wildman–Crippen LogP) is 2.91. The quantitative estimate of drug-likeness (QED) is 0.933. The van der Waals surface area contributed by atoms with Crippen LogP contribution >= 0.6 is 0 Å². The van der Waals surface area contributed by atoms with Crippen LogP contribution in [0, 0.1) is 13.8 Å². The van der Waals surface area contributed by atoms with Crippen molar-refractivity contribution in [2.24, 2.45) is 0 Å². The predicted molar refractivity (Wildman–Crippen MR) is 75.6 cm³/mol. The Morgan fingerprint density at radius 1 is 1.25 bits per heavy atom. The van der Waals surface area contributed by atoms with E-state index in [4.69, 9.17) is 4.52 Å². The van der Waals surface area contributed by atoms with Gasteiger partial charge in [-0.1, -0.05) is 23.4 Å². The summed E-state index contributed by atoms with van der Waals surface area (Å²) in [5.74, 6) is 1.31. The first-order chi connectivity index (χ1) is 9.63. The van der Waals surface area contributed by atoms with Crippen LogP contribution in [0.25, 0.3) is 0 Å². The molecule has 1 aliphatic rings. The van der Waals surface area contributed by atoms with Crippen LogP contribution in [0.3, 0.4) is 0 Å². The molecular weight excluding hydrogens is 252 g/mol. The summed E-state index contributed by atoms with van der Waals surface area (Å²) in [4.78, 5) is 4.45. The van der Waals surface area contributed by atoms with E-state index >= 15 is 0 Å². The van der Waals surface area contributed by atoms with Crippen LogP contribution in [0.1, 0.15) is 53.6 Å². The topological polar surface area (TPSA) is 59.2 Å². The number of aryl methyl sites for hydroxylation is 2. The lowest BCUT2D eigenvalue weighted by molar-refractivity contribution is 0.148. The van der Waals surface area contributed by atoms with E-state index < -0.39 is 0 Å². The Kier molecular flexibility index (Phi) is 3.57. The highest BCUT2D eigenvalue weighted by Gasteiger charge is 2.31. The molecule has 1 heterocycles. The van der Waals surface area contributed by atoms with E-state index in [1.807, 2.05) is 0 Å². The van der Waals surface area contributed by atoms with Gasteiger partial charge in [-0.2, -0.15) is 4.98 Å². The van der Waals surface area contributed by atoms with Gasteiger partial charge in [0.2, 0.25) is 5.89 Å². The molecule has 106 valence electrons. The second-order valence-electron chi connectivity index (χ2n) is 5.75. The van der Waals surface area contributed by atoms with Crippen LogP contribution in [0.15, 0.2) is 22.7 Å². The lowest BCUT2D eigenvalue weighted by Gasteiger charge is -2.07. The highest BCUT2D eigenvalue weighted by molar-refractivity contribution is 5.31. The van der Waals surface area contributed by atoms with Crippen molar-refractivity contribution in [3.63, 3.8) is 0 Å². The summed E-state index contributed by atoms with van der Waals surface area (Å²) in [6, 6.07) is 6.38. The molecular formula is C16H20N2O2. The van der Waals surface area contributed by atoms with E-state index in [0.717, 1.165) is 19.3 Å². The summed E-state index contributed by atoms with van der Waals surface area (Å²) >= 11 is 0. The lowest BCUT2D eigenvalue weighted by Crippen LogP contribution is -2.11. The van der Waals surface area contributed by atoms with Crippen molar-refractivity contribution in [2.45, 2.75) is 51.6 Å². The molecule has 1 fully saturated rings. The van der Waals surface area contributed by atoms with Gasteiger partial charge >= 0.3 is 0 Å². The van der Waals surface area contributed by atoms with Crippen LogP contribution in [0.5, 0.6) is 0 Å². The summed E-state index contributed by atoms with van der Waals surface area (Å²) in [5, 5.41) is 13.9. The maximum absolute atomic E-state index is 9.88. The van der Waals surface area contributed by atoms with Crippen molar-refractivity contribution in [2.75, 3.05) is 0 Å². The number of rotatable bonds is 3. The first-order valence-electron chi connectivity index (χ1n) is 7.20. The third-order valence-corrected chi connectivity index (χ3v) is 4.21. The first-order valence-corrected chi connectivity index (χ1v) is 7.20. The Morgan fingerprint density at radius 2 is 2.10 bits per heavy atom. The number of hydrogen-bond acceptors (Lipinski definition) is 4. The van der Waals surface area contributed by atoms with Gasteiger partial charge in [-0.05, 0) is 49.8 Å². The second kappa shape index (κ2) is 5.37. The summed E-state index contributed by atoms with van der Waals surface area (Å²) in [6.07, 6.45) is 3.14. The average molecular weight is 272 g/mol. The van der Waals surface area contributed by atoms with Crippen LogP contribution < -0.4 is 0 Å². The number of aromatic nitrogens is 2. The van der Waals surface area contributed by atoms with E-state index in [2.05, 4.69) is 42.2 Å². The standard InChI is InChI=1S/C16H20N2O2/c1-10-6-7-12(8-11(10)2)9-15-17-16(20-18-15)13-4-3-5-14(13)19/h6-8,13-14,19H,3-5,9H2,1-2H3. The van der Waals surface area contributed by atoms with Gasteiger partial charge in [0.1, 0.15) is 0 Å². The van der Waals surface area contributed by atoms with Gasteiger partial charge in [-0.25, -0.2) is 0 Å². The van der Waals surface area contributed by atoms with Crippen molar-refractivity contribution in [3.8, 4) is 0 Å². The number of aliphatic hydroxyl groups excluding tert-OH is 1. The number of nitrogens with zero attached hydrogens (tertiary/aromatic N) is 2. The van der Waals surface area contributed by atoms with Crippen LogP contribution in [0.4, 0.5) is 0 Å². The van der Waals surface area contributed by atoms with Crippen molar-refractivity contribution in [1.82, 2.24) is 10.1 Å². The van der Waals surface area contributed by atoms with Gasteiger partial charge in [0.15, 0.2) is 5.82 Å². The van der Waals surface area contributed by atoms with Gasteiger partial charge in [0.25, 0.3) is 0 Å². The zero-order valence-electron chi connectivity index (χ0n) is 12.0. The fraction of sp³-hybridized carbons (Fsp3) is 0.500. The van der Waals surface area contributed by atoms with E-state index in [-0.39, 0.29) is 12.0 Å².